The Hall–Kier alpha value is -4.67. The molecule has 0 saturated carbocycles. The van der Waals surface area contributed by atoms with Crippen LogP contribution in [0.5, 0.6) is 0 Å². The number of benzene rings is 5. The van der Waals surface area contributed by atoms with E-state index in [0.29, 0.717) is 0 Å². The van der Waals surface area contributed by atoms with Crippen molar-refractivity contribution in [2.24, 2.45) is 0 Å². The van der Waals surface area contributed by atoms with Crippen molar-refractivity contribution < 1.29 is 0 Å². The van der Waals surface area contributed by atoms with Crippen molar-refractivity contribution in [1.82, 2.24) is 9.55 Å². The van der Waals surface area contributed by atoms with Gasteiger partial charge in [0.15, 0.2) is 8.07 Å². The van der Waals surface area contributed by atoms with Crippen LogP contribution in [-0.4, -0.2) is 24.9 Å². The molecule has 6 rings (SSSR count). The van der Waals surface area contributed by atoms with E-state index >= 15 is 0 Å². The fourth-order valence-electron chi connectivity index (χ4n) is 6.02. The van der Waals surface area contributed by atoms with Crippen LogP contribution in [0.3, 0.4) is 0 Å². The van der Waals surface area contributed by atoms with E-state index in [2.05, 4.69) is 177 Å². The number of aryl methyl sites for hydroxylation is 1. The molecule has 0 fully saturated rings. The minimum atomic E-state index is -2.53. The molecule has 6 aromatic rings. The van der Waals surface area contributed by atoms with Gasteiger partial charge in [-0.25, -0.2) is 0 Å². The minimum Gasteiger partial charge on any atom is -0.345 e. The number of rotatable bonds is 11. The van der Waals surface area contributed by atoms with E-state index < -0.39 is 8.07 Å². The van der Waals surface area contributed by atoms with E-state index in [0.717, 1.165) is 30.2 Å². The van der Waals surface area contributed by atoms with Gasteiger partial charge in [0.05, 0.1) is 5.72 Å². The van der Waals surface area contributed by atoms with Crippen molar-refractivity contribution in [2.45, 2.75) is 25.9 Å². The lowest BCUT2D eigenvalue weighted by molar-refractivity contribution is 0.893. The van der Waals surface area contributed by atoms with Gasteiger partial charge in [0.1, 0.15) is 0 Å². The Kier molecular flexibility index (Phi) is 8.96. The van der Waals surface area contributed by atoms with Crippen LogP contribution in [0.4, 0.5) is 0 Å². The lowest BCUT2D eigenvalue weighted by atomic mass is 9.65. The molecule has 209 valence electrons. The average molecular weight is 572 g/mol. The molecule has 5 aromatic carbocycles. The molecule has 0 saturated heterocycles. The summed E-state index contributed by atoms with van der Waals surface area (Å²) in [6.07, 6.45) is 9.43. The van der Waals surface area contributed by atoms with Crippen LogP contribution in [0, 0.1) is 0 Å². The van der Waals surface area contributed by atoms with Gasteiger partial charge in [-0.05, 0) is 38.7 Å². The zero-order valence-corrected chi connectivity index (χ0v) is 25.7. The third kappa shape index (κ3) is 6.40. The molecule has 0 aliphatic carbocycles. The number of hydrogen-bond acceptors (Lipinski definition) is 1. The Labute approximate surface area is 257 Å². The van der Waals surface area contributed by atoms with Crippen molar-refractivity contribution in [1.29, 1.82) is 0 Å². The average Bonchev–Trinajstić information content (AvgIpc) is 3.51. The molecule has 43 heavy (non-hydrogen) atoms. The summed E-state index contributed by atoms with van der Waals surface area (Å²) in [5.41, 5.74) is 5.82. The zero-order chi connectivity index (χ0) is 29.3. The molecule has 0 N–H and O–H groups in total. The quantitative estimate of drug-likeness (QED) is 0.105. The van der Waals surface area contributed by atoms with Gasteiger partial charge in [-0.1, -0.05) is 170 Å². The lowest BCUT2D eigenvalue weighted by Gasteiger charge is -2.35. The second kappa shape index (κ2) is 13.5. The van der Waals surface area contributed by atoms with Crippen LogP contribution in [0.1, 0.15) is 30.0 Å². The predicted octanol–water partition coefficient (Wildman–Crippen LogP) is 6.07. The topological polar surface area (TPSA) is 17.8 Å². The maximum atomic E-state index is 4.92. The standard InChI is InChI=1S/C39H36BN2Si/c1-2-15-32-24-26-37(27-25-32)43(35-20-11-5-12-21-35,36-22-13-6-14-23-36)31-42-29-28-41-39(42)40-38(34-18-9-4-10-19-34)30-33-16-7-3-8-17-33/h3-14,16-30H,2,15,31H2,1H3. The van der Waals surface area contributed by atoms with Crippen LogP contribution >= 0.6 is 0 Å². The number of nitrogens with zero attached hydrogens (tertiary/aromatic N) is 2. The van der Waals surface area contributed by atoms with Crippen LogP contribution in [0.2, 0.25) is 0 Å². The van der Waals surface area contributed by atoms with Crippen molar-refractivity contribution in [2.75, 3.05) is 0 Å². The molecular weight excluding hydrogens is 535 g/mol. The van der Waals surface area contributed by atoms with Crippen molar-refractivity contribution >= 4 is 48.2 Å². The molecule has 0 spiro atoms. The largest absolute Gasteiger partial charge is 0.345 e. The van der Waals surface area contributed by atoms with Crippen LogP contribution in [0.25, 0.3) is 11.5 Å². The van der Waals surface area contributed by atoms with Gasteiger partial charge in [0.25, 0.3) is 0 Å². The molecule has 1 aromatic heterocycles. The van der Waals surface area contributed by atoms with Gasteiger partial charge in [0, 0.05) is 18.6 Å². The fraction of sp³-hybridized carbons (Fsp3) is 0.103. The van der Waals surface area contributed by atoms with Crippen LogP contribution in [-0.2, 0) is 12.6 Å². The SMILES string of the molecule is CCCc1ccc([Si](Cn2ccnc2[B]C(=Cc2ccccc2)c2ccccc2)(c2ccccc2)c2ccccc2)cc1. The summed E-state index contributed by atoms with van der Waals surface area (Å²) in [7, 11) is -0.289. The highest BCUT2D eigenvalue weighted by Gasteiger charge is 2.40. The lowest BCUT2D eigenvalue weighted by Crippen LogP contribution is -2.70. The molecule has 1 radical (unpaired) electrons. The predicted molar refractivity (Wildman–Crippen MR) is 186 cm³/mol. The van der Waals surface area contributed by atoms with E-state index in [1.54, 1.807) is 0 Å². The number of hydrogen-bond donors (Lipinski definition) is 0. The van der Waals surface area contributed by atoms with Crippen molar-refractivity contribution in [3.8, 4) is 0 Å². The highest BCUT2D eigenvalue weighted by molar-refractivity contribution is 7.10. The Balaban J connectivity index is 1.47. The Morgan fingerprint density at radius 1 is 0.674 bits per heavy atom. The second-order valence-corrected chi connectivity index (χ2v) is 14.9. The van der Waals surface area contributed by atoms with Gasteiger partial charge < -0.3 is 4.57 Å². The molecule has 1 heterocycles. The number of imidazole rings is 1. The summed E-state index contributed by atoms with van der Waals surface area (Å²) in [6, 6.07) is 52.8. The molecule has 0 amide bonds. The van der Waals surface area contributed by atoms with E-state index in [-0.39, 0.29) is 0 Å². The first kappa shape index (κ1) is 28.5. The Morgan fingerprint density at radius 2 is 1.21 bits per heavy atom. The first-order valence-electron chi connectivity index (χ1n) is 15.1. The maximum Gasteiger partial charge on any atom is 0.241 e. The zero-order valence-electron chi connectivity index (χ0n) is 24.7. The highest BCUT2D eigenvalue weighted by Crippen LogP contribution is 2.18. The van der Waals surface area contributed by atoms with Gasteiger partial charge in [-0.3, -0.25) is 4.98 Å². The van der Waals surface area contributed by atoms with E-state index in [4.69, 9.17) is 4.98 Å². The smallest absolute Gasteiger partial charge is 0.241 e. The Bertz CT molecular complexity index is 1710. The molecular formula is C39H36BN2Si. The summed E-state index contributed by atoms with van der Waals surface area (Å²) < 4.78 is 2.37. The van der Waals surface area contributed by atoms with Gasteiger partial charge in [-0.15, -0.1) is 0 Å². The number of aromatic nitrogens is 2. The summed E-state index contributed by atoms with van der Waals surface area (Å²) in [4.78, 5) is 4.92. The molecule has 0 aliphatic heterocycles. The maximum absolute atomic E-state index is 4.92. The summed E-state index contributed by atoms with van der Waals surface area (Å²) >= 11 is 0. The first-order chi connectivity index (χ1) is 21.3. The van der Waals surface area contributed by atoms with E-state index in [1.165, 1.54) is 32.3 Å². The first-order valence-corrected chi connectivity index (χ1v) is 17.4. The third-order valence-electron chi connectivity index (χ3n) is 8.19. The van der Waals surface area contributed by atoms with E-state index in [1.807, 2.05) is 6.20 Å². The molecule has 4 heteroatoms. The Morgan fingerprint density at radius 3 is 1.79 bits per heavy atom. The summed E-state index contributed by atoms with van der Waals surface area (Å²) in [5, 5.41) is 4.20. The molecule has 0 aliphatic rings. The highest BCUT2D eigenvalue weighted by atomic mass is 28.3. The minimum absolute atomic E-state index is 0.841. The summed E-state index contributed by atoms with van der Waals surface area (Å²) in [5.74, 6) is 0. The molecule has 0 unspecified atom stereocenters. The van der Waals surface area contributed by atoms with Crippen LogP contribution < -0.4 is 21.3 Å². The molecule has 0 atom stereocenters. The third-order valence-corrected chi connectivity index (χ3v) is 13.0. The second-order valence-electron chi connectivity index (χ2n) is 11.0. The van der Waals surface area contributed by atoms with Gasteiger partial charge in [0.2, 0.25) is 7.28 Å². The van der Waals surface area contributed by atoms with E-state index in [9.17, 15) is 0 Å². The monoisotopic (exact) mass is 571 g/mol. The van der Waals surface area contributed by atoms with Crippen molar-refractivity contribution in [3.63, 3.8) is 0 Å². The van der Waals surface area contributed by atoms with Crippen molar-refractivity contribution in [3.05, 3.63) is 175 Å². The normalized spacial score (nSPS) is 11.8. The molecule has 2 nitrogen and oxygen atoms in total. The molecule has 0 bridgehead atoms. The van der Waals surface area contributed by atoms with Crippen LogP contribution in [0.15, 0.2) is 158 Å². The summed E-state index contributed by atoms with van der Waals surface area (Å²) in [6.45, 7) is 2.24. The van der Waals surface area contributed by atoms with Gasteiger partial charge in [-0.2, -0.15) is 0 Å². The van der Waals surface area contributed by atoms with Gasteiger partial charge >= 0.3 is 0 Å². The fourth-order valence-corrected chi connectivity index (χ4v) is 10.6.